The zero-order valence-corrected chi connectivity index (χ0v) is 16.4. The summed E-state index contributed by atoms with van der Waals surface area (Å²) < 4.78 is 36.5. The van der Waals surface area contributed by atoms with Gasteiger partial charge in [-0.3, -0.25) is 4.72 Å². The Kier molecular flexibility index (Phi) is 6.42. The predicted octanol–water partition coefficient (Wildman–Crippen LogP) is -0.0962. The SMILES string of the molecule is CS(=O)(=O)Nc1ccccc1-c1ccc(O[C@H]2O[C@H](CO)[C@@H](O)[C@H](O)[C@@H]2O)cc1. The van der Waals surface area contributed by atoms with Crippen LogP contribution in [0.3, 0.4) is 0 Å². The lowest BCUT2D eigenvalue weighted by atomic mass is 9.99. The van der Waals surface area contributed by atoms with E-state index in [1.54, 1.807) is 48.5 Å². The Labute approximate surface area is 168 Å². The molecule has 3 rings (SSSR count). The van der Waals surface area contributed by atoms with Crippen molar-refractivity contribution in [2.24, 2.45) is 0 Å². The van der Waals surface area contributed by atoms with Crippen molar-refractivity contribution in [3.63, 3.8) is 0 Å². The summed E-state index contributed by atoms with van der Waals surface area (Å²) in [5, 5.41) is 38.9. The van der Waals surface area contributed by atoms with E-state index >= 15 is 0 Å². The molecule has 1 fully saturated rings. The third-order valence-electron chi connectivity index (χ3n) is 4.49. The highest BCUT2D eigenvalue weighted by Crippen LogP contribution is 2.31. The molecule has 0 saturated carbocycles. The molecule has 10 heteroatoms. The van der Waals surface area contributed by atoms with Crippen LogP contribution in [0.1, 0.15) is 0 Å². The van der Waals surface area contributed by atoms with E-state index in [0.717, 1.165) is 11.8 Å². The molecule has 0 aliphatic carbocycles. The largest absolute Gasteiger partial charge is 0.462 e. The first-order valence-electron chi connectivity index (χ1n) is 8.84. The van der Waals surface area contributed by atoms with E-state index in [9.17, 15) is 28.8 Å². The molecule has 0 amide bonds. The van der Waals surface area contributed by atoms with Gasteiger partial charge in [0.2, 0.25) is 16.3 Å². The highest BCUT2D eigenvalue weighted by atomic mass is 32.2. The van der Waals surface area contributed by atoms with E-state index in [-0.39, 0.29) is 0 Å². The van der Waals surface area contributed by atoms with Gasteiger partial charge >= 0.3 is 0 Å². The van der Waals surface area contributed by atoms with Crippen molar-refractivity contribution in [3.8, 4) is 16.9 Å². The quantitative estimate of drug-likeness (QED) is 0.432. The lowest BCUT2D eigenvalue weighted by molar-refractivity contribution is -0.277. The molecule has 1 aliphatic rings. The van der Waals surface area contributed by atoms with Crippen molar-refractivity contribution in [2.75, 3.05) is 17.6 Å². The highest BCUT2D eigenvalue weighted by molar-refractivity contribution is 7.92. The fourth-order valence-electron chi connectivity index (χ4n) is 3.04. The molecule has 2 aromatic rings. The van der Waals surface area contributed by atoms with Gasteiger partial charge in [-0.1, -0.05) is 30.3 Å². The number of aliphatic hydroxyl groups excluding tert-OH is 4. The average molecular weight is 425 g/mol. The van der Waals surface area contributed by atoms with Gasteiger partial charge in [0.25, 0.3) is 0 Å². The first kappa shape index (κ1) is 21.5. The Hall–Kier alpha value is -2.21. The second kappa shape index (κ2) is 8.66. The van der Waals surface area contributed by atoms with Crippen LogP contribution in [-0.4, -0.2) is 72.4 Å². The molecule has 5 atom stereocenters. The molecule has 1 heterocycles. The van der Waals surface area contributed by atoms with Crippen molar-refractivity contribution in [1.29, 1.82) is 0 Å². The standard InChI is InChI=1S/C19H23NO8S/c1-29(25,26)20-14-5-3-2-4-13(14)11-6-8-12(9-7-11)27-19-18(24)17(23)16(22)15(10-21)28-19/h2-9,15-24H,10H2,1H3/t15-,16-,17+,18+,19+/m1/s1. The van der Waals surface area contributed by atoms with Gasteiger partial charge in [0.1, 0.15) is 30.2 Å². The van der Waals surface area contributed by atoms with Crippen LogP contribution in [0.15, 0.2) is 48.5 Å². The molecule has 0 aromatic heterocycles. The van der Waals surface area contributed by atoms with E-state index in [1.165, 1.54) is 0 Å². The minimum absolute atomic E-state index is 0.312. The van der Waals surface area contributed by atoms with E-state index in [1.807, 2.05) is 0 Å². The van der Waals surface area contributed by atoms with Gasteiger partial charge < -0.3 is 29.9 Å². The number of hydrogen-bond acceptors (Lipinski definition) is 8. The average Bonchev–Trinajstić information content (AvgIpc) is 2.68. The first-order valence-corrected chi connectivity index (χ1v) is 10.7. The molecule has 2 aromatic carbocycles. The number of benzene rings is 2. The van der Waals surface area contributed by atoms with Crippen molar-refractivity contribution in [3.05, 3.63) is 48.5 Å². The number of anilines is 1. The lowest BCUT2D eigenvalue weighted by Crippen LogP contribution is -2.60. The van der Waals surface area contributed by atoms with Crippen LogP contribution in [0.4, 0.5) is 5.69 Å². The topological polar surface area (TPSA) is 146 Å². The smallest absolute Gasteiger partial charge is 0.229 e. The van der Waals surface area contributed by atoms with Gasteiger partial charge in [-0.15, -0.1) is 0 Å². The van der Waals surface area contributed by atoms with Crippen molar-refractivity contribution in [2.45, 2.75) is 30.7 Å². The minimum atomic E-state index is -3.44. The van der Waals surface area contributed by atoms with Gasteiger partial charge in [-0.2, -0.15) is 0 Å². The third-order valence-corrected chi connectivity index (χ3v) is 5.08. The predicted molar refractivity (Wildman–Crippen MR) is 105 cm³/mol. The van der Waals surface area contributed by atoms with E-state index in [2.05, 4.69) is 4.72 Å². The summed E-state index contributed by atoms with van der Waals surface area (Å²) in [4.78, 5) is 0. The lowest BCUT2D eigenvalue weighted by Gasteiger charge is -2.39. The second-order valence-corrected chi connectivity index (χ2v) is 8.51. The molecule has 1 saturated heterocycles. The van der Waals surface area contributed by atoms with Crippen LogP contribution in [0, 0.1) is 0 Å². The molecule has 0 bridgehead atoms. The highest BCUT2D eigenvalue weighted by Gasteiger charge is 2.44. The number of hydrogen-bond donors (Lipinski definition) is 5. The van der Waals surface area contributed by atoms with Gasteiger partial charge in [0.15, 0.2) is 0 Å². The van der Waals surface area contributed by atoms with E-state index in [4.69, 9.17) is 9.47 Å². The molecule has 29 heavy (non-hydrogen) atoms. The van der Waals surface area contributed by atoms with Crippen molar-refractivity contribution in [1.82, 2.24) is 0 Å². The van der Waals surface area contributed by atoms with E-state index in [0.29, 0.717) is 17.0 Å². The van der Waals surface area contributed by atoms with Gasteiger partial charge in [-0.25, -0.2) is 8.42 Å². The summed E-state index contributed by atoms with van der Waals surface area (Å²) in [5.74, 6) is 0.312. The number of para-hydroxylation sites is 1. The fraction of sp³-hybridized carbons (Fsp3) is 0.368. The molecule has 0 radical (unpaired) electrons. The van der Waals surface area contributed by atoms with Crippen LogP contribution in [-0.2, 0) is 14.8 Å². The van der Waals surface area contributed by atoms with Gasteiger partial charge in [0.05, 0.1) is 18.6 Å². The van der Waals surface area contributed by atoms with E-state index < -0.39 is 47.3 Å². The molecular formula is C19H23NO8S. The maximum absolute atomic E-state index is 11.6. The molecule has 158 valence electrons. The summed E-state index contributed by atoms with van der Waals surface area (Å²) in [7, 11) is -3.44. The molecule has 9 nitrogen and oxygen atoms in total. The fourth-order valence-corrected chi connectivity index (χ4v) is 3.61. The summed E-state index contributed by atoms with van der Waals surface area (Å²) in [6.07, 6.45) is -5.77. The number of sulfonamides is 1. The van der Waals surface area contributed by atoms with Crippen LogP contribution >= 0.6 is 0 Å². The zero-order chi connectivity index (χ0) is 21.2. The molecule has 1 aliphatic heterocycles. The summed E-state index contributed by atoms with van der Waals surface area (Å²) in [6.45, 7) is -0.548. The van der Waals surface area contributed by atoms with Gasteiger partial charge in [0, 0.05) is 5.56 Å². The van der Waals surface area contributed by atoms with Gasteiger partial charge in [-0.05, 0) is 23.8 Å². The zero-order valence-electron chi connectivity index (χ0n) is 15.5. The summed E-state index contributed by atoms with van der Waals surface area (Å²) in [6, 6.07) is 13.5. The van der Waals surface area contributed by atoms with Crippen LogP contribution in [0.5, 0.6) is 5.75 Å². The summed E-state index contributed by atoms with van der Waals surface area (Å²) in [5.41, 5.74) is 1.81. The number of rotatable bonds is 6. The van der Waals surface area contributed by atoms with Crippen LogP contribution in [0.25, 0.3) is 11.1 Å². The Balaban J connectivity index is 1.78. The van der Waals surface area contributed by atoms with Crippen molar-refractivity contribution < 1.29 is 38.3 Å². The van der Waals surface area contributed by atoms with Crippen LogP contribution in [0.2, 0.25) is 0 Å². The maximum Gasteiger partial charge on any atom is 0.229 e. The number of ether oxygens (including phenoxy) is 2. The Morgan fingerprint density at radius 1 is 1.00 bits per heavy atom. The minimum Gasteiger partial charge on any atom is -0.462 e. The Morgan fingerprint density at radius 3 is 2.28 bits per heavy atom. The van der Waals surface area contributed by atoms with Crippen molar-refractivity contribution >= 4 is 15.7 Å². The summed E-state index contributed by atoms with van der Waals surface area (Å²) >= 11 is 0. The number of nitrogens with one attached hydrogen (secondary N) is 1. The molecule has 5 N–H and O–H groups in total. The second-order valence-electron chi connectivity index (χ2n) is 6.76. The monoisotopic (exact) mass is 425 g/mol. The third kappa shape index (κ3) is 5.04. The Morgan fingerprint density at radius 2 is 1.66 bits per heavy atom. The normalized spacial score (nSPS) is 27.4. The first-order chi connectivity index (χ1) is 13.7. The Bertz CT molecular complexity index is 931. The molecule has 0 unspecified atom stereocenters. The molecule has 0 spiro atoms. The molecular weight excluding hydrogens is 402 g/mol. The number of aliphatic hydroxyl groups is 4. The maximum atomic E-state index is 11.6. The van der Waals surface area contributed by atoms with Crippen LogP contribution < -0.4 is 9.46 Å².